The Hall–Kier alpha value is -3.23. The number of rotatable bonds is 6. The lowest BCUT2D eigenvalue weighted by Gasteiger charge is -2.31. The molecule has 7 nitrogen and oxygen atoms in total. The molecule has 4 rings (SSSR count). The van der Waals surface area contributed by atoms with Gasteiger partial charge in [-0.25, -0.2) is 8.42 Å². The molecular formula is C29H35N3O4S. The highest BCUT2D eigenvalue weighted by molar-refractivity contribution is 7.89. The summed E-state index contributed by atoms with van der Waals surface area (Å²) in [5.41, 5.74) is 7.65. The van der Waals surface area contributed by atoms with Gasteiger partial charge in [0.05, 0.1) is 5.92 Å². The Labute approximate surface area is 219 Å². The monoisotopic (exact) mass is 521 g/mol. The first-order valence-electron chi connectivity index (χ1n) is 12.6. The van der Waals surface area contributed by atoms with Crippen LogP contribution in [-0.2, 0) is 14.8 Å². The lowest BCUT2D eigenvalue weighted by Crippen LogP contribution is -2.43. The molecule has 2 heterocycles. The fraction of sp³-hybridized carbons (Fsp3) is 0.379. The normalized spacial score (nSPS) is 16.9. The summed E-state index contributed by atoms with van der Waals surface area (Å²) in [7, 11) is -3.92. The van der Waals surface area contributed by atoms with Gasteiger partial charge in [0.1, 0.15) is 5.69 Å². The molecule has 1 aliphatic heterocycles. The topological polar surface area (TPSA) is 92.5 Å². The molecule has 1 atom stereocenters. The minimum Gasteiger partial charge on any atom is -0.355 e. The summed E-state index contributed by atoms with van der Waals surface area (Å²) in [6.07, 6.45) is 4.77. The molecule has 0 unspecified atom stereocenters. The van der Waals surface area contributed by atoms with E-state index in [9.17, 15) is 13.2 Å². The van der Waals surface area contributed by atoms with Crippen molar-refractivity contribution in [1.29, 1.82) is 0 Å². The van der Waals surface area contributed by atoms with E-state index in [0.29, 0.717) is 25.1 Å². The van der Waals surface area contributed by atoms with Crippen LogP contribution in [0.3, 0.4) is 0 Å². The Balaban J connectivity index is 1.56. The third-order valence-corrected chi connectivity index (χ3v) is 9.12. The number of hydrogen-bond donors (Lipinski definition) is 1. The van der Waals surface area contributed by atoms with E-state index in [1.807, 2.05) is 58.9 Å². The molecular weight excluding hydrogens is 486 g/mol. The average Bonchev–Trinajstić information content (AvgIpc) is 3.22. The largest absolute Gasteiger partial charge is 0.355 e. The molecule has 1 aromatic heterocycles. The van der Waals surface area contributed by atoms with Crippen molar-refractivity contribution >= 4 is 33.8 Å². The first-order valence-corrected chi connectivity index (χ1v) is 14.0. The van der Waals surface area contributed by atoms with Gasteiger partial charge >= 0.3 is 0 Å². The number of piperidine rings is 1. The highest BCUT2D eigenvalue weighted by atomic mass is 32.2. The van der Waals surface area contributed by atoms with E-state index in [1.54, 1.807) is 13.0 Å². The number of carbonyl (C=O) groups is 1. The zero-order valence-corrected chi connectivity index (χ0v) is 23.2. The number of benzene rings is 2. The van der Waals surface area contributed by atoms with E-state index >= 15 is 0 Å². The number of nitrogens with one attached hydrogen (secondary N) is 1. The van der Waals surface area contributed by atoms with E-state index in [2.05, 4.69) is 22.6 Å². The lowest BCUT2D eigenvalue weighted by atomic mass is 9.98. The summed E-state index contributed by atoms with van der Waals surface area (Å²) in [6.45, 7) is 12.2. The first-order chi connectivity index (χ1) is 17.5. The molecule has 37 heavy (non-hydrogen) atoms. The summed E-state index contributed by atoms with van der Waals surface area (Å²) in [4.78, 5) is 13.1. The summed E-state index contributed by atoms with van der Waals surface area (Å²) in [5.74, 6) is -0.420. The van der Waals surface area contributed by atoms with Crippen LogP contribution in [0.4, 0.5) is 5.69 Å². The molecule has 0 radical (unpaired) electrons. The standard InChI is InChI=1S/C29H35N3O4S/c1-18-14-21(4)26(22(5)15-18)11-12-27-28(23(6)31-36-27)37(34,35)32-13-7-8-24(17-32)29(33)30-25-10-9-19(2)20(3)16-25/h9-12,14-16,24H,7-8,13,17H2,1-6H3,(H,30,33)/b12-11+/t24-/m0/s1. The van der Waals surface area contributed by atoms with Crippen molar-refractivity contribution in [2.75, 3.05) is 18.4 Å². The quantitative estimate of drug-likeness (QED) is 0.447. The van der Waals surface area contributed by atoms with Crippen molar-refractivity contribution in [3.05, 3.63) is 75.2 Å². The highest BCUT2D eigenvalue weighted by Gasteiger charge is 2.37. The SMILES string of the molecule is Cc1cc(C)c(/C=C/c2onc(C)c2S(=O)(=O)N2CCC[C@H](C(=O)Nc3ccc(C)c(C)c3)C2)c(C)c1. The number of anilines is 1. The number of sulfonamides is 1. The van der Waals surface area contributed by atoms with Gasteiger partial charge in [-0.05, 0) is 100 Å². The zero-order valence-electron chi connectivity index (χ0n) is 22.4. The predicted molar refractivity (Wildman–Crippen MR) is 147 cm³/mol. The summed E-state index contributed by atoms with van der Waals surface area (Å²) >= 11 is 0. The number of amides is 1. The van der Waals surface area contributed by atoms with Crippen LogP contribution in [0.2, 0.25) is 0 Å². The molecule has 0 saturated carbocycles. The average molecular weight is 522 g/mol. The molecule has 1 amide bonds. The van der Waals surface area contributed by atoms with Crippen LogP contribution in [0.25, 0.3) is 12.2 Å². The fourth-order valence-electron chi connectivity index (χ4n) is 4.98. The first kappa shape index (κ1) is 26.8. The Kier molecular flexibility index (Phi) is 7.71. The Bertz CT molecular complexity index is 1450. The fourth-order valence-corrected chi connectivity index (χ4v) is 6.75. The van der Waals surface area contributed by atoms with Gasteiger partial charge in [0, 0.05) is 18.8 Å². The molecule has 2 aromatic carbocycles. The van der Waals surface area contributed by atoms with E-state index < -0.39 is 15.9 Å². The van der Waals surface area contributed by atoms with Crippen LogP contribution in [0.1, 0.15) is 57.7 Å². The summed E-state index contributed by atoms with van der Waals surface area (Å²) in [6, 6.07) is 9.95. The minimum absolute atomic E-state index is 0.0568. The van der Waals surface area contributed by atoms with Gasteiger partial charge in [-0.2, -0.15) is 4.31 Å². The van der Waals surface area contributed by atoms with Crippen LogP contribution in [0.15, 0.2) is 39.8 Å². The molecule has 1 saturated heterocycles. The van der Waals surface area contributed by atoms with Gasteiger partial charge in [0.15, 0.2) is 10.7 Å². The smallest absolute Gasteiger partial charge is 0.248 e. The lowest BCUT2D eigenvalue weighted by molar-refractivity contribution is -0.120. The number of nitrogens with zero attached hydrogens (tertiary/aromatic N) is 2. The molecule has 1 aliphatic rings. The maximum Gasteiger partial charge on any atom is 0.248 e. The van der Waals surface area contributed by atoms with E-state index in [-0.39, 0.29) is 23.1 Å². The molecule has 1 N–H and O–H groups in total. The molecule has 8 heteroatoms. The van der Waals surface area contributed by atoms with Crippen LogP contribution >= 0.6 is 0 Å². The number of aromatic nitrogens is 1. The number of aryl methyl sites for hydroxylation is 6. The van der Waals surface area contributed by atoms with Gasteiger partial charge in [-0.3, -0.25) is 4.79 Å². The molecule has 1 fully saturated rings. The highest BCUT2D eigenvalue weighted by Crippen LogP contribution is 2.30. The minimum atomic E-state index is -3.92. The van der Waals surface area contributed by atoms with Crippen molar-refractivity contribution in [3.8, 4) is 0 Å². The van der Waals surface area contributed by atoms with Crippen LogP contribution in [0.5, 0.6) is 0 Å². The third-order valence-electron chi connectivity index (χ3n) is 7.10. The third kappa shape index (κ3) is 5.70. The molecule has 0 bridgehead atoms. The molecule has 196 valence electrons. The second-order valence-corrected chi connectivity index (χ2v) is 12.0. The second kappa shape index (κ2) is 10.6. The van der Waals surface area contributed by atoms with Gasteiger partial charge < -0.3 is 9.84 Å². The summed E-state index contributed by atoms with van der Waals surface area (Å²) < 4.78 is 34.3. The van der Waals surface area contributed by atoms with Crippen LogP contribution < -0.4 is 5.32 Å². The second-order valence-electron chi connectivity index (χ2n) is 10.1. The molecule has 0 aliphatic carbocycles. The maximum atomic E-state index is 13.7. The van der Waals surface area contributed by atoms with Crippen LogP contribution in [0, 0.1) is 47.5 Å². The van der Waals surface area contributed by atoms with Crippen molar-refractivity contribution < 1.29 is 17.7 Å². The van der Waals surface area contributed by atoms with Gasteiger partial charge in [0.2, 0.25) is 15.9 Å². The number of hydrogen-bond acceptors (Lipinski definition) is 5. The Morgan fingerprint density at radius 3 is 2.38 bits per heavy atom. The van der Waals surface area contributed by atoms with Gasteiger partial charge in [-0.15, -0.1) is 0 Å². The van der Waals surface area contributed by atoms with E-state index in [4.69, 9.17) is 4.52 Å². The van der Waals surface area contributed by atoms with E-state index in [0.717, 1.165) is 33.5 Å². The number of carbonyl (C=O) groups excluding carboxylic acids is 1. The Morgan fingerprint density at radius 1 is 1.00 bits per heavy atom. The van der Waals surface area contributed by atoms with E-state index in [1.165, 1.54) is 9.87 Å². The molecule has 3 aromatic rings. The van der Waals surface area contributed by atoms with Crippen molar-refractivity contribution in [3.63, 3.8) is 0 Å². The van der Waals surface area contributed by atoms with Gasteiger partial charge in [-0.1, -0.05) is 35.0 Å². The van der Waals surface area contributed by atoms with Crippen molar-refractivity contribution in [2.45, 2.75) is 59.3 Å². The zero-order chi connectivity index (χ0) is 26.9. The Morgan fingerprint density at radius 2 is 1.70 bits per heavy atom. The van der Waals surface area contributed by atoms with Crippen molar-refractivity contribution in [1.82, 2.24) is 9.46 Å². The summed E-state index contributed by atoms with van der Waals surface area (Å²) in [5, 5.41) is 6.92. The molecule has 0 spiro atoms. The van der Waals surface area contributed by atoms with Crippen molar-refractivity contribution in [2.24, 2.45) is 5.92 Å². The van der Waals surface area contributed by atoms with Gasteiger partial charge in [0.25, 0.3) is 0 Å². The maximum absolute atomic E-state index is 13.7. The van der Waals surface area contributed by atoms with Crippen LogP contribution in [-0.4, -0.2) is 36.9 Å². The predicted octanol–water partition coefficient (Wildman–Crippen LogP) is 5.73.